The summed E-state index contributed by atoms with van der Waals surface area (Å²) in [5, 5.41) is 10.2. The van der Waals surface area contributed by atoms with Crippen LogP contribution in [0, 0.1) is 13.8 Å². The zero-order valence-corrected chi connectivity index (χ0v) is 11.7. The van der Waals surface area contributed by atoms with Crippen LogP contribution in [-0.4, -0.2) is 15.1 Å². The molecule has 0 fully saturated rings. The predicted molar refractivity (Wildman–Crippen MR) is 79.1 cm³/mol. The molecule has 5 heteroatoms. The molecule has 0 radical (unpaired) electrons. The highest BCUT2D eigenvalue weighted by Crippen LogP contribution is 2.28. The first-order valence-electron chi connectivity index (χ1n) is 6.51. The lowest BCUT2D eigenvalue weighted by Gasteiger charge is -2.08. The summed E-state index contributed by atoms with van der Waals surface area (Å²) in [5.74, 6) is 0.630. The smallest absolute Gasteiger partial charge is 0.262 e. The number of H-pyrrole nitrogens is 1. The minimum Gasteiger partial charge on any atom is -0.493 e. The average Bonchev–Trinajstić information content (AvgIpc) is 2.86. The van der Waals surface area contributed by atoms with E-state index in [1.54, 1.807) is 19.1 Å². The van der Waals surface area contributed by atoms with Gasteiger partial charge in [-0.15, -0.1) is 0 Å². The van der Waals surface area contributed by atoms with E-state index in [4.69, 9.17) is 4.42 Å². The summed E-state index contributed by atoms with van der Waals surface area (Å²) in [7, 11) is 0. The number of nitrogens with one attached hydrogen (secondary N) is 1. The second-order valence-corrected chi connectivity index (χ2v) is 4.82. The third kappa shape index (κ3) is 2.23. The van der Waals surface area contributed by atoms with Crippen molar-refractivity contribution in [2.45, 2.75) is 13.8 Å². The summed E-state index contributed by atoms with van der Waals surface area (Å²) in [6.07, 6.45) is 1.51. The molecule has 3 aromatic rings. The highest BCUT2D eigenvalue weighted by Gasteiger charge is 2.16. The summed E-state index contributed by atoms with van der Waals surface area (Å²) in [6.45, 7) is 3.64. The van der Waals surface area contributed by atoms with Crippen LogP contribution in [0.2, 0.25) is 0 Å². The van der Waals surface area contributed by atoms with Crippen LogP contribution < -0.4 is 5.56 Å². The van der Waals surface area contributed by atoms with Gasteiger partial charge in [-0.2, -0.15) is 4.98 Å². The maximum atomic E-state index is 12.3. The van der Waals surface area contributed by atoms with Gasteiger partial charge < -0.3 is 14.5 Å². The van der Waals surface area contributed by atoms with E-state index >= 15 is 0 Å². The van der Waals surface area contributed by atoms with Crippen LogP contribution in [-0.2, 0) is 0 Å². The number of nitrogens with zero attached hydrogens (tertiary/aromatic N) is 1. The minimum absolute atomic E-state index is 0.179. The molecule has 0 saturated heterocycles. The Labute approximate surface area is 120 Å². The van der Waals surface area contributed by atoms with Crippen LogP contribution in [0.1, 0.15) is 11.3 Å². The molecule has 2 aromatic heterocycles. The molecule has 21 heavy (non-hydrogen) atoms. The SMILES string of the molecule is Cc1ccccc1-c1c(O)nc(-c2ccoc2C)[nH]c1=O. The number of aromatic nitrogens is 2. The van der Waals surface area contributed by atoms with E-state index in [9.17, 15) is 9.90 Å². The lowest BCUT2D eigenvalue weighted by atomic mass is 10.0. The van der Waals surface area contributed by atoms with Gasteiger partial charge in [-0.05, 0) is 31.0 Å². The van der Waals surface area contributed by atoms with Gasteiger partial charge in [0.15, 0.2) is 0 Å². The molecule has 0 aliphatic rings. The summed E-state index contributed by atoms with van der Waals surface area (Å²) in [6, 6.07) is 9.04. The number of hydrogen-bond donors (Lipinski definition) is 2. The Morgan fingerprint density at radius 1 is 1.14 bits per heavy atom. The first-order chi connectivity index (χ1) is 10.1. The fraction of sp³-hybridized carbons (Fsp3) is 0.125. The molecular weight excluding hydrogens is 268 g/mol. The molecule has 0 amide bonds. The van der Waals surface area contributed by atoms with E-state index in [2.05, 4.69) is 9.97 Å². The third-order valence-electron chi connectivity index (χ3n) is 3.43. The van der Waals surface area contributed by atoms with E-state index in [1.165, 1.54) is 6.26 Å². The topological polar surface area (TPSA) is 79.1 Å². The predicted octanol–water partition coefficient (Wildman–Crippen LogP) is 3.02. The number of rotatable bonds is 2. The van der Waals surface area contributed by atoms with Crippen molar-refractivity contribution >= 4 is 0 Å². The van der Waals surface area contributed by atoms with Crippen molar-refractivity contribution < 1.29 is 9.52 Å². The number of aromatic amines is 1. The summed E-state index contributed by atoms with van der Waals surface area (Å²) in [4.78, 5) is 19.1. The van der Waals surface area contributed by atoms with Gasteiger partial charge in [0.1, 0.15) is 17.1 Å². The number of benzene rings is 1. The van der Waals surface area contributed by atoms with Crippen molar-refractivity contribution in [3.05, 3.63) is 58.3 Å². The quantitative estimate of drug-likeness (QED) is 0.757. The van der Waals surface area contributed by atoms with Crippen LogP contribution in [0.25, 0.3) is 22.5 Å². The van der Waals surface area contributed by atoms with Gasteiger partial charge in [0.25, 0.3) is 5.56 Å². The van der Waals surface area contributed by atoms with Gasteiger partial charge in [-0.1, -0.05) is 24.3 Å². The van der Waals surface area contributed by atoms with Crippen LogP contribution >= 0.6 is 0 Å². The maximum absolute atomic E-state index is 12.3. The van der Waals surface area contributed by atoms with Gasteiger partial charge in [-0.25, -0.2) is 0 Å². The monoisotopic (exact) mass is 282 g/mol. The molecule has 0 saturated carbocycles. The molecular formula is C16H14N2O3. The average molecular weight is 282 g/mol. The van der Waals surface area contributed by atoms with E-state index in [0.29, 0.717) is 22.7 Å². The van der Waals surface area contributed by atoms with Crippen LogP contribution in [0.3, 0.4) is 0 Å². The van der Waals surface area contributed by atoms with Crippen molar-refractivity contribution in [2.75, 3.05) is 0 Å². The molecule has 2 heterocycles. The van der Waals surface area contributed by atoms with E-state index in [0.717, 1.165) is 5.56 Å². The Balaban J connectivity index is 2.21. The second-order valence-electron chi connectivity index (χ2n) is 4.82. The van der Waals surface area contributed by atoms with Gasteiger partial charge >= 0.3 is 0 Å². The molecule has 5 nitrogen and oxygen atoms in total. The van der Waals surface area contributed by atoms with Gasteiger partial charge in [-0.3, -0.25) is 4.79 Å². The number of hydrogen-bond acceptors (Lipinski definition) is 4. The first kappa shape index (κ1) is 13.2. The maximum Gasteiger partial charge on any atom is 0.262 e. The molecule has 0 unspecified atom stereocenters. The van der Waals surface area contributed by atoms with Crippen molar-refractivity contribution in [1.82, 2.24) is 9.97 Å². The minimum atomic E-state index is -0.382. The van der Waals surface area contributed by atoms with Gasteiger partial charge in [0, 0.05) is 0 Å². The Bertz CT molecular complexity index is 862. The standard InChI is InChI=1S/C16H14N2O3/c1-9-5-3-4-6-11(9)13-15(19)17-14(18-16(13)20)12-7-8-21-10(12)2/h3-8H,1-2H3,(H2,17,18,19,20). The highest BCUT2D eigenvalue weighted by molar-refractivity contribution is 5.72. The fourth-order valence-corrected chi connectivity index (χ4v) is 2.32. The molecule has 3 rings (SSSR count). The molecule has 1 aromatic carbocycles. The zero-order valence-electron chi connectivity index (χ0n) is 11.7. The normalized spacial score (nSPS) is 10.8. The summed E-state index contributed by atoms with van der Waals surface area (Å²) >= 11 is 0. The second kappa shape index (κ2) is 4.94. The summed E-state index contributed by atoms with van der Waals surface area (Å²) in [5.41, 5.74) is 2.01. The van der Waals surface area contributed by atoms with Gasteiger partial charge in [0.05, 0.1) is 11.8 Å². The van der Waals surface area contributed by atoms with Crippen molar-refractivity contribution in [3.63, 3.8) is 0 Å². The molecule has 0 atom stereocenters. The molecule has 0 aliphatic heterocycles. The molecule has 106 valence electrons. The van der Waals surface area contributed by atoms with E-state index in [1.807, 2.05) is 25.1 Å². The first-order valence-corrected chi connectivity index (χ1v) is 6.51. The lowest BCUT2D eigenvalue weighted by Crippen LogP contribution is -2.12. The number of furan rings is 1. The van der Waals surface area contributed by atoms with Crippen LogP contribution in [0.5, 0.6) is 5.88 Å². The summed E-state index contributed by atoms with van der Waals surface area (Å²) < 4.78 is 5.19. The van der Waals surface area contributed by atoms with Crippen LogP contribution in [0.15, 0.2) is 45.8 Å². The molecule has 0 bridgehead atoms. The Morgan fingerprint density at radius 3 is 2.52 bits per heavy atom. The third-order valence-corrected chi connectivity index (χ3v) is 3.43. The van der Waals surface area contributed by atoms with Crippen molar-refractivity contribution in [1.29, 1.82) is 0 Å². The van der Waals surface area contributed by atoms with Crippen LogP contribution in [0.4, 0.5) is 0 Å². The molecule has 2 N–H and O–H groups in total. The zero-order chi connectivity index (χ0) is 15.0. The molecule has 0 aliphatic carbocycles. The Hall–Kier alpha value is -2.82. The number of aryl methyl sites for hydroxylation is 2. The fourth-order valence-electron chi connectivity index (χ4n) is 2.32. The van der Waals surface area contributed by atoms with Crippen molar-refractivity contribution in [2.24, 2.45) is 0 Å². The van der Waals surface area contributed by atoms with E-state index < -0.39 is 0 Å². The molecule has 0 spiro atoms. The van der Waals surface area contributed by atoms with Crippen molar-refractivity contribution in [3.8, 4) is 28.4 Å². The largest absolute Gasteiger partial charge is 0.493 e. The highest BCUT2D eigenvalue weighted by atomic mass is 16.3. The lowest BCUT2D eigenvalue weighted by molar-refractivity contribution is 0.454. The van der Waals surface area contributed by atoms with E-state index in [-0.39, 0.29) is 17.0 Å². The Morgan fingerprint density at radius 2 is 1.90 bits per heavy atom. The Kier molecular flexibility index (Phi) is 3.10. The van der Waals surface area contributed by atoms with Gasteiger partial charge in [0.2, 0.25) is 5.88 Å². The number of aromatic hydroxyl groups is 1.